The largest absolute Gasteiger partial charge is 0.508 e. The van der Waals surface area contributed by atoms with Gasteiger partial charge in [-0.15, -0.1) is 0 Å². The van der Waals surface area contributed by atoms with Gasteiger partial charge in [0.15, 0.2) is 0 Å². The van der Waals surface area contributed by atoms with E-state index in [-0.39, 0.29) is 29.8 Å². The summed E-state index contributed by atoms with van der Waals surface area (Å²) in [6, 6.07) is 13.9. The number of esters is 1. The molecule has 1 aliphatic carbocycles. The molecule has 0 aliphatic heterocycles. The lowest BCUT2D eigenvalue weighted by atomic mass is 9.92. The van der Waals surface area contributed by atoms with Gasteiger partial charge in [0.25, 0.3) is 10.0 Å². The monoisotopic (exact) mass is 455 g/mol. The first-order chi connectivity index (χ1) is 15.4. The van der Waals surface area contributed by atoms with Crippen molar-refractivity contribution in [3.8, 4) is 5.75 Å². The first kappa shape index (κ1) is 21.9. The van der Waals surface area contributed by atoms with E-state index in [9.17, 15) is 18.3 Å². The number of aromatic nitrogens is 2. The molecule has 0 saturated carbocycles. The minimum atomic E-state index is -3.94. The van der Waals surface area contributed by atoms with Crippen molar-refractivity contribution in [3.63, 3.8) is 0 Å². The summed E-state index contributed by atoms with van der Waals surface area (Å²) in [7, 11) is -3.94. The molecule has 9 heteroatoms. The highest BCUT2D eigenvalue weighted by Crippen LogP contribution is 2.41. The standard InChI is InChI=1S/C23H25N3O5S/c1-2-31-23(28)16-25-21-12-7-13-22(20(21)15-24-25)26(17-8-6-9-18(27)14-17)32(29,30)19-10-4-3-5-11-19/h3-6,8-11,14-15,22,27H,2,7,12-13,16H2,1H3. The fourth-order valence-electron chi connectivity index (χ4n) is 4.13. The lowest BCUT2D eigenvalue weighted by Crippen LogP contribution is -2.37. The average Bonchev–Trinajstić information content (AvgIpc) is 3.18. The van der Waals surface area contributed by atoms with Crippen LogP contribution in [0.15, 0.2) is 65.7 Å². The van der Waals surface area contributed by atoms with Crippen LogP contribution >= 0.6 is 0 Å². The number of nitrogens with zero attached hydrogens (tertiary/aromatic N) is 3. The summed E-state index contributed by atoms with van der Waals surface area (Å²) in [5, 5.41) is 14.4. The van der Waals surface area contributed by atoms with Gasteiger partial charge in [-0.2, -0.15) is 5.10 Å². The molecule has 8 nitrogen and oxygen atoms in total. The summed E-state index contributed by atoms with van der Waals surface area (Å²) < 4.78 is 35.5. The van der Waals surface area contributed by atoms with E-state index in [2.05, 4.69) is 5.10 Å². The summed E-state index contributed by atoms with van der Waals surface area (Å²) in [4.78, 5) is 12.2. The molecular formula is C23H25N3O5S. The van der Waals surface area contributed by atoms with Gasteiger partial charge in [0, 0.05) is 17.3 Å². The van der Waals surface area contributed by atoms with Crippen LogP contribution in [-0.2, 0) is 32.5 Å². The van der Waals surface area contributed by atoms with E-state index in [0.717, 1.165) is 17.7 Å². The number of hydrogen-bond acceptors (Lipinski definition) is 6. The zero-order chi connectivity index (χ0) is 22.7. The number of benzene rings is 2. The smallest absolute Gasteiger partial charge is 0.327 e. The molecule has 168 valence electrons. The summed E-state index contributed by atoms with van der Waals surface area (Å²) in [5.74, 6) is -0.410. The second-order valence-electron chi connectivity index (χ2n) is 7.55. The highest BCUT2D eigenvalue weighted by molar-refractivity contribution is 7.92. The molecule has 1 atom stereocenters. The third kappa shape index (κ3) is 4.20. The number of ether oxygens (including phenoxy) is 1. The number of sulfonamides is 1. The van der Waals surface area contributed by atoms with Crippen LogP contribution in [0.1, 0.15) is 37.1 Å². The van der Waals surface area contributed by atoms with E-state index in [1.165, 1.54) is 16.4 Å². The van der Waals surface area contributed by atoms with Gasteiger partial charge in [0.05, 0.1) is 29.4 Å². The first-order valence-electron chi connectivity index (χ1n) is 10.5. The molecule has 1 aliphatic rings. The second-order valence-corrected chi connectivity index (χ2v) is 9.37. The zero-order valence-corrected chi connectivity index (χ0v) is 18.5. The Hall–Kier alpha value is -3.33. The lowest BCUT2D eigenvalue weighted by molar-refractivity contribution is -0.144. The zero-order valence-electron chi connectivity index (χ0n) is 17.7. The fraction of sp³-hybridized carbons (Fsp3) is 0.304. The van der Waals surface area contributed by atoms with Crippen molar-refractivity contribution in [2.45, 2.75) is 43.7 Å². The van der Waals surface area contributed by atoms with Crippen LogP contribution in [-0.4, -0.2) is 35.9 Å². The number of phenolic OH excluding ortho intramolecular Hbond substituents is 1. The summed E-state index contributed by atoms with van der Waals surface area (Å²) in [5.41, 5.74) is 1.94. The maximum absolute atomic E-state index is 13.8. The van der Waals surface area contributed by atoms with Gasteiger partial charge in [0.2, 0.25) is 0 Å². The number of aromatic hydroxyl groups is 1. The Balaban J connectivity index is 1.80. The third-order valence-corrected chi connectivity index (χ3v) is 7.33. The van der Waals surface area contributed by atoms with Crippen molar-refractivity contribution in [3.05, 3.63) is 72.1 Å². The molecule has 0 fully saturated rings. The maximum atomic E-state index is 13.8. The molecule has 1 aromatic heterocycles. The Morgan fingerprint density at radius 2 is 2.00 bits per heavy atom. The van der Waals surface area contributed by atoms with E-state index in [1.807, 2.05) is 0 Å². The molecule has 2 aromatic carbocycles. The Morgan fingerprint density at radius 3 is 2.72 bits per heavy atom. The van der Waals surface area contributed by atoms with Gasteiger partial charge in [-0.25, -0.2) is 8.42 Å². The van der Waals surface area contributed by atoms with E-state index in [4.69, 9.17) is 4.74 Å². The summed E-state index contributed by atoms with van der Waals surface area (Å²) in [6.45, 7) is 2.01. The van der Waals surface area contributed by atoms with Crippen LogP contribution < -0.4 is 4.31 Å². The molecule has 0 saturated heterocycles. The molecular weight excluding hydrogens is 430 g/mol. The lowest BCUT2D eigenvalue weighted by Gasteiger charge is -2.35. The van der Waals surface area contributed by atoms with E-state index in [0.29, 0.717) is 18.5 Å². The number of fused-ring (bicyclic) bond motifs is 1. The minimum Gasteiger partial charge on any atom is -0.508 e. The Bertz CT molecular complexity index is 1210. The predicted octanol–water partition coefficient (Wildman–Crippen LogP) is 3.42. The normalized spacial score (nSPS) is 15.7. The topological polar surface area (TPSA) is 102 Å². The minimum absolute atomic E-state index is 0.0204. The molecule has 0 radical (unpaired) electrons. The number of hydrogen-bond donors (Lipinski definition) is 1. The Morgan fingerprint density at radius 1 is 1.22 bits per heavy atom. The third-order valence-electron chi connectivity index (χ3n) is 5.48. The van der Waals surface area contributed by atoms with E-state index >= 15 is 0 Å². The van der Waals surface area contributed by atoms with Crippen molar-refractivity contribution in [1.29, 1.82) is 0 Å². The van der Waals surface area contributed by atoms with Crippen molar-refractivity contribution >= 4 is 21.7 Å². The van der Waals surface area contributed by atoms with E-state index < -0.39 is 16.1 Å². The SMILES string of the molecule is CCOC(=O)Cn1ncc2c1CCCC2N(c1cccc(O)c1)S(=O)(=O)c1ccccc1. The number of rotatable bonds is 7. The van der Waals surface area contributed by atoms with Gasteiger partial charge < -0.3 is 9.84 Å². The summed E-state index contributed by atoms with van der Waals surface area (Å²) in [6.07, 6.45) is 3.63. The highest BCUT2D eigenvalue weighted by Gasteiger charge is 2.37. The number of phenols is 1. The van der Waals surface area contributed by atoms with Crippen molar-refractivity contribution in [2.24, 2.45) is 0 Å². The first-order valence-corrected chi connectivity index (χ1v) is 11.9. The highest BCUT2D eigenvalue weighted by atomic mass is 32.2. The van der Waals surface area contributed by atoms with Crippen LogP contribution in [0.25, 0.3) is 0 Å². The number of carbonyl (C=O) groups is 1. The Kier molecular flexibility index (Phi) is 6.18. The van der Waals surface area contributed by atoms with Gasteiger partial charge in [0.1, 0.15) is 12.3 Å². The summed E-state index contributed by atoms with van der Waals surface area (Å²) >= 11 is 0. The molecule has 3 aromatic rings. The van der Waals surface area contributed by atoms with Gasteiger partial charge in [-0.05, 0) is 50.5 Å². The maximum Gasteiger partial charge on any atom is 0.327 e. The van der Waals surface area contributed by atoms with Crippen molar-refractivity contribution < 1.29 is 23.1 Å². The van der Waals surface area contributed by atoms with Crippen molar-refractivity contribution in [2.75, 3.05) is 10.9 Å². The number of carbonyl (C=O) groups excluding carboxylic acids is 1. The quantitative estimate of drug-likeness (QED) is 0.548. The van der Waals surface area contributed by atoms with Crippen LogP contribution in [0.4, 0.5) is 5.69 Å². The molecule has 1 unspecified atom stereocenters. The predicted molar refractivity (Wildman–Crippen MR) is 119 cm³/mol. The molecule has 0 amide bonds. The fourth-order valence-corrected chi connectivity index (χ4v) is 5.80. The van der Waals surface area contributed by atoms with Gasteiger partial charge >= 0.3 is 5.97 Å². The molecule has 1 heterocycles. The molecule has 0 bridgehead atoms. The average molecular weight is 456 g/mol. The van der Waals surface area contributed by atoms with Gasteiger partial charge in [-0.1, -0.05) is 24.3 Å². The number of anilines is 1. The molecule has 1 N–H and O–H groups in total. The van der Waals surface area contributed by atoms with Crippen LogP contribution in [0.5, 0.6) is 5.75 Å². The van der Waals surface area contributed by atoms with Gasteiger partial charge in [-0.3, -0.25) is 13.8 Å². The molecule has 0 spiro atoms. The molecule has 4 rings (SSSR count). The van der Waals surface area contributed by atoms with Crippen molar-refractivity contribution in [1.82, 2.24) is 9.78 Å². The van der Waals surface area contributed by atoms with Crippen LogP contribution in [0.2, 0.25) is 0 Å². The van der Waals surface area contributed by atoms with Crippen LogP contribution in [0.3, 0.4) is 0 Å². The van der Waals surface area contributed by atoms with Crippen LogP contribution in [0, 0.1) is 0 Å². The van der Waals surface area contributed by atoms with E-state index in [1.54, 1.807) is 60.3 Å². The Labute approximate surface area is 187 Å². The molecule has 32 heavy (non-hydrogen) atoms. The second kappa shape index (κ2) is 9.04.